The van der Waals surface area contributed by atoms with Crippen LogP contribution in [0.4, 0.5) is 5.82 Å². The van der Waals surface area contributed by atoms with Crippen LogP contribution in [0.25, 0.3) is 0 Å². The van der Waals surface area contributed by atoms with Gasteiger partial charge in [0.15, 0.2) is 0 Å². The van der Waals surface area contributed by atoms with E-state index in [1.165, 1.54) is 38.7 Å². The molecule has 0 amide bonds. The van der Waals surface area contributed by atoms with Crippen LogP contribution in [-0.2, 0) is 10.0 Å². The first-order chi connectivity index (χ1) is 10.4. The SMILES string of the molecule is COc1cc(NS(=O)(=O)c2ccc(OC)c(Cl)c2Cl)ncn1. The van der Waals surface area contributed by atoms with E-state index in [-0.39, 0.29) is 32.4 Å². The summed E-state index contributed by atoms with van der Waals surface area (Å²) in [6.07, 6.45) is 1.17. The van der Waals surface area contributed by atoms with Gasteiger partial charge in [-0.3, -0.25) is 4.72 Å². The average Bonchev–Trinajstić information content (AvgIpc) is 2.49. The molecule has 0 fully saturated rings. The minimum atomic E-state index is -3.98. The largest absolute Gasteiger partial charge is 0.495 e. The molecule has 0 saturated heterocycles. The van der Waals surface area contributed by atoms with Crippen molar-refractivity contribution in [2.75, 3.05) is 18.9 Å². The molecule has 0 unspecified atom stereocenters. The molecular formula is C12H11Cl2N3O4S. The standard InChI is InChI=1S/C12H11Cl2N3O4S/c1-20-7-3-4-8(12(14)11(7)13)22(18,19)17-9-5-10(21-2)16-6-15-9/h3-6H,1-2H3,(H,15,16,17). The van der Waals surface area contributed by atoms with E-state index in [4.69, 9.17) is 32.7 Å². The van der Waals surface area contributed by atoms with Crippen LogP contribution in [0.2, 0.25) is 10.0 Å². The average molecular weight is 364 g/mol. The highest BCUT2D eigenvalue weighted by Gasteiger charge is 2.22. The number of methoxy groups -OCH3 is 2. The first-order valence-electron chi connectivity index (χ1n) is 5.80. The van der Waals surface area contributed by atoms with Gasteiger partial charge in [0.2, 0.25) is 5.88 Å². The predicted molar refractivity (Wildman–Crippen MR) is 82.4 cm³/mol. The molecule has 0 radical (unpaired) electrons. The Morgan fingerprint density at radius 1 is 1.09 bits per heavy atom. The monoisotopic (exact) mass is 363 g/mol. The van der Waals surface area contributed by atoms with Crippen LogP contribution >= 0.6 is 23.2 Å². The normalized spacial score (nSPS) is 11.1. The van der Waals surface area contributed by atoms with Crippen LogP contribution in [0.3, 0.4) is 0 Å². The van der Waals surface area contributed by atoms with Crippen molar-refractivity contribution in [3.8, 4) is 11.6 Å². The van der Waals surface area contributed by atoms with Gasteiger partial charge in [0.1, 0.15) is 27.8 Å². The summed E-state index contributed by atoms with van der Waals surface area (Å²) in [5, 5.41) is -0.137. The molecule has 1 N–H and O–H groups in total. The van der Waals surface area contributed by atoms with Crippen molar-refractivity contribution in [3.63, 3.8) is 0 Å². The number of nitrogens with zero attached hydrogens (tertiary/aromatic N) is 2. The van der Waals surface area contributed by atoms with Gasteiger partial charge in [-0.15, -0.1) is 0 Å². The number of anilines is 1. The van der Waals surface area contributed by atoms with E-state index >= 15 is 0 Å². The van der Waals surface area contributed by atoms with Gasteiger partial charge in [0, 0.05) is 6.07 Å². The van der Waals surface area contributed by atoms with E-state index in [0.717, 1.165) is 0 Å². The Kier molecular flexibility index (Phi) is 4.94. The summed E-state index contributed by atoms with van der Waals surface area (Å²) in [4.78, 5) is 7.39. The Bertz CT molecular complexity index is 799. The summed E-state index contributed by atoms with van der Waals surface area (Å²) < 4.78 is 36.9. The zero-order valence-electron chi connectivity index (χ0n) is 11.5. The van der Waals surface area contributed by atoms with E-state index in [1.54, 1.807) is 0 Å². The molecule has 1 heterocycles. The second-order valence-corrected chi connectivity index (χ2v) is 6.35. The lowest BCUT2D eigenvalue weighted by Gasteiger charge is -2.11. The van der Waals surface area contributed by atoms with E-state index in [0.29, 0.717) is 0 Å². The van der Waals surface area contributed by atoms with Gasteiger partial charge in [0.25, 0.3) is 10.0 Å². The Morgan fingerprint density at radius 2 is 1.82 bits per heavy atom. The zero-order chi connectivity index (χ0) is 16.3. The Hall–Kier alpha value is -1.77. The number of benzene rings is 1. The van der Waals surface area contributed by atoms with Gasteiger partial charge in [-0.1, -0.05) is 23.2 Å². The van der Waals surface area contributed by atoms with Crippen LogP contribution in [0.5, 0.6) is 11.6 Å². The summed E-state index contributed by atoms with van der Waals surface area (Å²) in [5.74, 6) is 0.524. The molecule has 2 rings (SSSR count). The van der Waals surface area contributed by atoms with Gasteiger partial charge >= 0.3 is 0 Å². The number of halogens is 2. The summed E-state index contributed by atoms with van der Waals surface area (Å²) in [5.41, 5.74) is 0. The molecule has 118 valence electrons. The quantitative estimate of drug-likeness (QED) is 0.877. The van der Waals surface area contributed by atoms with Crippen molar-refractivity contribution in [1.82, 2.24) is 9.97 Å². The maximum atomic E-state index is 12.4. The predicted octanol–water partition coefficient (Wildman–Crippen LogP) is 2.60. The van der Waals surface area contributed by atoms with Crippen LogP contribution in [0.15, 0.2) is 29.4 Å². The third-order valence-corrected chi connectivity index (χ3v) is 4.98. The molecule has 0 spiro atoms. The maximum absolute atomic E-state index is 12.4. The lowest BCUT2D eigenvalue weighted by molar-refractivity contribution is 0.397. The van der Waals surface area contributed by atoms with Crippen molar-refractivity contribution < 1.29 is 17.9 Å². The molecule has 10 heteroatoms. The third-order valence-electron chi connectivity index (χ3n) is 2.61. The van der Waals surface area contributed by atoms with Gasteiger partial charge in [-0.25, -0.2) is 18.4 Å². The summed E-state index contributed by atoms with van der Waals surface area (Å²) in [6, 6.07) is 4.02. The number of hydrogen-bond acceptors (Lipinski definition) is 6. The fraction of sp³-hybridized carbons (Fsp3) is 0.167. The number of nitrogens with one attached hydrogen (secondary N) is 1. The molecular weight excluding hydrogens is 353 g/mol. The third kappa shape index (κ3) is 3.34. The van der Waals surface area contributed by atoms with Crippen LogP contribution in [0, 0.1) is 0 Å². The number of rotatable bonds is 5. The Labute approximate surface area is 137 Å². The second kappa shape index (κ2) is 6.55. The zero-order valence-corrected chi connectivity index (χ0v) is 13.8. The van der Waals surface area contributed by atoms with Gasteiger partial charge < -0.3 is 9.47 Å². The molecule has 1 aromatic carbocycles. The maximum Gasteiger partial charge on any atom is 0.264 e. The van der Waals surface area contributed by atoms with Crippen molar-refractivity contribution in [1.29, 1.82) is 0 Å². The highest BCUT2D eigenvalue weighted by atomic mass is 35.5. The van der Waals surface area contributed by atoms with Crippen molar-refractivity contribution in [3.05, 3.63) is 34.6 Å². The number of hydrogen-bond donors (Lipinski definition) is 1. The molecule has 2 aromatic rings. The first kappa shape index (κ1) is 16.6. The van der Waals surface area contributed by atoms with Crippen molar-refractivity contribution in [2.24, 2.45) is 0 Å². The van der Waals surface area contributed by atoms with Crippen molar-refractivity contribution in [2.45, 2.75) is 4.90 Å². The fourth-order valence-corrected chi connectivity index (χ4v) is 3.42. The van der Waals surface area contributed by atoms with Crippen LogP contribution in [0.1, 0.15) is 0 Å². The molecule has 0 aliphatic rings. The lowest BCUT2D eigenvalue weighted by Crippen LogP contribution is -2.15. The van der Waals surface area contributed by atoms with Crippen LogP contribution < -0.4 is 14.2 Å². The smallest absolute Gasteiger partial charge is 0.264 e. The van der Waals surface area contributed by atoms with E-state index in [1.807, 2.05) is 0 Å². The van der Waals surface area contributed by atoms with E-state index < -0.39 is 10.0 Å². The number of sulfonamides is 1. The summed E-state index contributed by atoms with van der Waals surface area (Å²) in [7, 11) is -1.18. The van der Waals surface area contributed by atoms with Crippen molar-refractivity contribution >= 4 is 39.0 Å². The highest BCUT2D eigenvalue weighted by Crippen LogP contribution is 2.37. The molecule has 0 aliphatic heterocycles. The van der Waals surface area contributed by atoms with E-state index in [2.05, 4.69) is 14.7 Å². The fourth-order valence-electron chi connectivity index (χ4n) is 1.58. The molecule has 0 aliphatic carbocycles. The lowest BCUT2D eigenvalue weighted by atomic mass is 10.3. The molecule has 0 atom stereocenters. The molecule has 0 saturated carbocycles. The molecule has 22 heavy (non-hydrogen) atoms. The van der Waals surface area contributed by atoms with Gasteiger partial charge in [-0.2, -0.15) is 0 Å². The summed E-state index contributed by atoms with van der Waals surface area (Å²) in [6.45, 7) is 0. The topological polar surface area (TPSA) is 90.4 Å². The summed E-state index contributed by atoms with van der Waals surface area (Å²) >= 11 is 12.0. The number of ether oxygens (including phenoxy) is 2. The molecule has 7 nitrogen and oxygen atoms in total. The highest BCUT2D eigenvalue weighted by molar-refractivity contribution is 7.92. The first-order valence-corrected chi connectivity index (χ1v) is 8.04. The molecule has 0 bridgehead atoms. The molecule has 1 aromatic heterocycles. The second-order valence-electron chi connectivity index (χ2n) is 3.95. The minimum absolute atomic E-state index is 0.00677. The van der Waals surface area contributed by atoms with Gasteiger partial charge in [0.05, 0.1) is 19.2 Å². The Balaban J connectivity index is 2.40. The van der Waals surface area contributed by atoms with E-state index in [9.17, 15) is 8.42 Å². The minimum Gasteiger partial charge on any atom is -0.495 e. The van der Waals surface area contributed by atoms with Gasteiger partial charge in [-0.05, 0) is 12.1 Å². The van der Waals surface area contributed by atoms with Crippen LogP contribution in [-0.4, -0.2) is 32.6 Å². The Morgan fingerprint density at radius 3 is 2.45 bits per heavy atom. The number of aromatic nitrogens is 2.